The fourth-order valence-corrected chi connectivity index (χ4v) is 3.13. The average Bonchev–Trinajstić information content (AvgIpc) is 3.06. The van der Waals surface area contributed by atoms with Gasteiger partial charge in [-0.2, -0.15) is 0 Å². The summed E-state index contributed by atoms with van der Waals surface area (Å²) in [4.78, 5) is 0. The summed E-state index contributed by atoms with van der Waals surface area (Å²) >= 11 is 1.64. The van der Waals surface area contributed by atoms with Gasteiger partial charge in [-0.1, -0.05) is 53.7 Å². The first-order valence-electron chi connectivity index (χ1n) is 8.54. The molecule has 2 aromatic carbocycles. The van der Waals surface area contributed by atoms with Gasteiger partial charge in [-0.3, -0.25) is 0 Å². The molecular weight excluding hydrogens is 346 g/mol. The van der Waals surface area contributed by atoms with E-state index >= 15 is 0 Å². The summed E-state index contributed by atoms with van der Waals surface area (Å²) in [6.07, 6.45) is 0. The van der Waals surface area contributed by atoms with Gasteiger partial charge in [-0.05, 0) is 40.6 Å². The summed E-state index contributed by atoms with van der Waals surface area (Å²) in [6, 6.07) is 16.6. The summed E-state index contributed by atoms with van der Waals surface area (Å²) in [5, 5.41) is 15.7. The first-order chi connectivity index (χ1) is 12.7. The Morgan fingerprint density at radius 3 is 2.73 bits per heavy atom. The zero-order chi connectivity index (χ0) is 18.2. The number of aromatic nitrogens is 4. The molecule has 3 aromatic rings. The van der Waals surface area contributed by atoms with Crippen LogP contribution in [0.5, 0.6) is 5.75 Å². The van der Waals surface area contributed by atoms with Crippen molar-refractivity contribution in [2.75, 3.05) is 12.3 Å². The summed E-state index contributed by atoms with van der Waals surface area (Å²) in [5.74, 6) is 1.81. The fraction of sp³-hybridized carbons (Fsp3) is 0.316. The van der Waals surface area contributed by atoms with E-state index in [9.17, 15) is 0 Å². The Labute approximate surface area is 158 Å². The molecule has 0 amide bonds. The zero-order valence-electron chi connectivity index (χ0n) is 15.1. The van der Waals surface area contributed by atoms with E-state index in [0.29, 0.717) is 6.61 Å². The van der Waals surface area contributed by atoms with Crippen LogP contribution in [0.4, 0.5) is 0 Å². The average molecular weight is 369 g/mol. The van der Waals surface area contributed by atoms with Gasteiger partial charge in [0.2, 0.25) is 5.16 Å². The van der Waals surface area contributed by atoms with Crippen LogP contribution in [-0.2, 0) is 20.2 Å². The molecule has 0 saturated heterocycles. The van der Waals surface area contributed by atoms with E-state index in [1.165, 1.54) is 16.7 Å². The number of hydrogen-bond acceptors (Lipinski definition) is 6. The van der Waals surface area contributed by atoms with Crippen molar-refractivity contribution in [3.8, 4) is 5.75 Å². The van der Waals surface area contributed by atoms with Crippen molar-refractivity contribution in [2.24, 2.45) is 7.05 Å². The molecule has 1 heterocycles. The van der Waals surface area contributed by atoms with Crippen LogP contribution < -0.4 is 10.1 Å². The molecule has 1 N–H and O–H groups in total. The second kappa shape index (κ2) is 9.35. The van der Waals surface area contributed by atoms with Gasteiger partial charge >= 0.3 is 0 Å². The monoisotopic (exact) mass is 369 g/mol. The van der Waals surface area contributed by atoms with E-state index in [1.54, 1.807) is 16.4 Å². The Morgan fingerprint density at radius 2 is 1.96 bits per heavy atom. The van der Waals surface area contributed by atoms with Crippen LogP contribution in [0.15, 0.2) is 53.7 Å². The number of tetrazole rings is 1. The van der Waals surface area contributed by atoms with Crippen molar-refractivity contribution in [1.29, 1.82) is 0 Å². The largest absolute Gasteiger partial charge is 0.489 e. The van der Waals surface area contributed by atoms with Gasteiger partial charge in [0.1, 0.15) is 12.4 Å². The highest BCUT2D eigenvalue weighted by Gasteiger charge is 2.02. The first kappa shape index (κ1) is 18.4. The van der Waals surface area contributed by atoms with Gasteiger partial charge in [0, 0.05) is 25.9 Å². The van der Waals surface area contributed by atoms with Gasteiger partial charge in [-0.15, -0.1) is 5.10 Å². The van der Waals surface area contributed by atoms with Crippen LogP contribution in [0, 0.1) is 6.92 Å². The quantitative estimate of drug-likeness (QED) is 0.462. The van der Waals surface area contributed by atoms with Gasteiger partial charge < -0.3 is 10.1 Å². The molecule has 0 aliphatic rings. The van der Waals surface area contributed by atoms with Crippen molar-refractivity contribution in [3.63, 3.8) is 0 Å². The Morgan fingerprint density at radius 1 is 1.12 bits per heavy atom. The summed E-state index contributed by atoms with van der Waals surface area (Å²) in [6.45, 7) is 4.36. The van der Waals surface area contributed by atoms with Crippen molar-refractivity contribution in [1.82, 2.24) is 25.5 Å². The summed E-state index contributed by atoms with van der Waals surface area (Å²) in [5.41, 5.74) is 3.64. The van der Waals surface area contributed by atoms with E-state index in [4.69, 9.17) is 4.74 Å². The van der Waals surface area contributed by atoms with Crippen LogP contribution in [-0.4, -0.2) is 32.5 Å². The molecule has 0 atom stereocenters. The molecule has 0 aliphatic carbocycles. The van der Waals surface area contributed by atoms with Crippen LogP contribution >= 0.6 is 11.8 Å². The number of benzene rings is 2. The number of nitrogens with zero attached hydrogens (tertiary/aromatic N) is 4. The second-order valence-corrected chi connectivity index (χ2v) is 7.09. The van der Waals surface area contributed by atoms with Crippen molar-refractivity contribution >= 4 is 11.8 Å². The van der Waals surface area contributed by atoms with Gasteiger partial charge in [-0.25, -0.2) is 4.68 Å². The predicted molar refractivity (Wildman–Crippen MR) is 103 cm³/mol. The molecule has 0 saturated carbocycles. The standard InChI is InChI=1S/C19H23N5OS/c1-15-6-8-16(9-7-15)14-25-18-5-3-4-17(12-18)13-20-10-11-26-19-21-22-23-24(19)2/h3-9,12,20H,10-11,13-14H2,1-2H3. The smallest absolute Gasteiger partial charge is 0.209 e. The van der Waals surface area contributed by atoms with Crippen molar-refractivity contribution in [3.05, 3.63) is 65.2 Å². The highest BCUT2D eigenvalue weighted by atomic mass is 32.2. The molecule has 6 nitrogen and oxygen atoms in total. The maximum Gasteiger partial charge on any atom is 0.209 e. The Hall–Kier alpha value is -2.38. The topological polar surface area (TPSA) is 64.9 Å². The third-order valence-electron chi connectivity index (χ3n) is 3.84. The maximum atomic E-state index is 5.91. The Kier molecular flexibility index (Phi) is 6.62. The van der Waals surface area contributed by atoms with Gasteiger partial charge in [0.15, 0.2) is 0 Å². The van der Waals surface area contributed by atoms with Gasteiger partial charge in [0.25, 0.3) is 0 Å². The van der Waals surface area contributed by atoms with E-state index < -0.39 is 0 Å². The molecule has 0 fully saturated rings. The minimum Gasteiger partial charge on any atom is -0.489 e. The van der Waals surface area contributed by atoms with Crippen LogP contribution in [0.25, 0.3) is 0 Å². The number of thioether (sulfide) groups is 1. The van der Waals surface area contributed by atoms with Crippen LogP contribution in [0.1, 0.15) is 16.7 Å². The van der Waals surface area contributed by atoms with Gasteiger partial charge in [0.05, 0.1) is 0 Å². The molecule has 0 radical (unpaired) electrons. The van der Waals surface area contributed by atoms with Crippen LogP contribution in [0.3, 0.4) is 0 Å². The minimum atomic E-state index is 0.583. The molecule has 1 aromatic heterocycles. The van der Waals surface area contributed by atoms with E-state index in [0.717, 1.165) is 29.7 Å². The first-order valence-corrected chi connectivity index (χ1v) is 9.52. The SMILES string of the molecule is Cc1ccc(COc2cccc(CNCCSc3nnnn3C)c2)cc1. The molecule has 0 bridgehead atoms. The number of rotatable bonds is 9. The van der Waals surface area contributed by atoms with E-state index in [1.807, 2.05) is 19.2 Å². The zero-order valence-corrected chi connectivity index (χ0v) is 15.9. The highest BCUT2D eigenvalue weighted by Crippen LogP contribution is 2.16. The predicted octanol–water partition coefficient (Wildman–Crippen LogP) is 2.98. The molecular formula is C19H23N5OS. The Bertz CT molecular complexity index is 819. The molecule has 136 valence electrons. The molecule has 26 heavy (non-hydrogen) atoms. The highest BCUT2D eigenvalue weighted by molar-refractivity contribution is 7.99. The van der Waals surface area contributed by atoms with Crippen LogP contribution in [0.2, 0.25) is 0 Å². The molecule has 3 rings (SSSR count). The lowest BCUT2D eigenvalue weighted by Gasteiger charge is -2.09. The third-order valence-corrected chi connectivity index (χ3v) is 4.86. The fourth-order valence-electron chi connectivity index (χ4n) is 2.39. The number of hydrogen-bond donors (Lipinski definition) is 1. The second-order valence-electron chi connectivity index (χ2n) is 6.03. The lowest BCUT2D eigenvalue weighted by molar-refractivity contribution is 0.306. The van der Waals surface area contributed by atoms with E-state index in [2.05, 4.69) is 64.2 Å². The van der Waals surface area contributed by atoms with E-state index in [-0.39, 0.29) is 0 Å². The normalized spacial score (nSPS) is 10.8. The summed E-state index contributed by atoms with van der Waals surface area (Å²) in [7, 11) is 1.85. The third kappa shape index (κ3) is 5.57. The Balaban J connectivity index is 1.40. The summed E-state index contributed by atoms with van der Waals surface area (Å²) < 4.78 is 7.59. The maximum absolute atomic E-state index is 5.91. The lowest BCUT2D eigenvalue weighted by Crippen LogP contribution is -2.16. The number of nitrogens with one attached hydrogen (secondary N) is 1. The lowest BCUT2D eigenvalue weighted by atomic mass is 10.2. The molecule has 7 heteroatoms. The molecule has 0 unspecified atom stereocenters. The van der Waals surface area contributed by atoms with Crippen molar-refractivity contribution in [2.45, 2.75) is 25.2 Å². The van der Waals surface area contributed by atoms with Crippen molar-refractivity contribution < 1.29 is 4.74 Å². The molecule has 0 aliphatic heterocycles. The number of aryl methyl sites for hydroxylation is 2. The number of ether oxygens (including phenoxy) is 1. The minimum absolute atomic E-state index is 0.583. The molecule has 0 spiro atoms.